The molecule has 1 aromatic rings. The van der Waals surface area contributed by atoms with Crippen molar-refractivity contribution >= 4 is 11.9 Å². The molecule has 0 aliphatic heterocycles. The standard InChI is InChI=1S/C15H20N2O/c16-13-8-4-5-11-15(13,17)14(18)10-9-12-6-2-1-3-7-12/h1-3,6-7,9-10,13H,4-5,8,11,16-17H2/t13-,15+/m0/s1. The van der Waals surface area contributed by atoms with Gasteiger partial charge in [0, 0.05) is 6.04 Å². The molecule has 0 aromatic heterocycles. The summed E-state index contributed by atoms with van der Waals surface area (Å²) >= 11 is 0. The molecule has 96 valence electrons. The van der Waals surface area contributed by atoms with Crippen LogP contribution in [0.15, 0.2) is 36.4 Å². The Morgan fingerprint density at radius 1 is 1.28 bits per heavy atom. The van der Waals surface area contributed by atoms with E-state index in [-0.39, 0.29) is 11.8 Å². The van der Waals surface area contributed by atoms with Crippen LogP contribution in [0.5, 0.6) is 0 Å². The zero-order valence-corrected chi connectivity index (χ0v) is 10.5. The quantitative estimate of drug-likeness (QED) is 0.797. The molecule has 0 radical (unpaired) electrons. The van der Waals surface area contributed by atoms with Gasteiger partial charge in [-0.25, -0.2) is 0 Å². The number of carbonyl (C=O) groups is 1. The van der Waals surface area contributed by atoms with Gasteiger partial charge < -0.3 is 11.5 Å². The monoisotopic (exact) mass is 244 g/mol. The zero-order valence-electron chi connectivity index (χ0n) is 10.5. The summed E-state index contributed by atoms with van der Waals surface area (Å²) in [6.45, 7) is 0. The van der Waals surface area contributed by atoms with Gasteiger partial charge in [0.1, 0.15) is 0 Å². The van der Waals surface area contributed by atoms with E-state index in [0.29, 0.717) is 6.42 Å². The highest BCUT2D eigenvalue weighted by molar-refractivity contribution is 6.01. The molecule has 0 spiro atoms. The van der Waals surface area contributed by atoms with Crippen LogP contribution in [0.4, 0.5) is 0 Å². The molecule has 1 aliphatic rings. The number of carbonyl (C=O) groups excluding carboxylic acids is 1. The first-order valence-electron chi connectivity index (χ1n) is 6.45. The molecule has 0 bridgehead atoms. The minimum Gasteiger partial charge on any atom is -0.326 e. The highest BCUT2D eigenvalue weighted by Gasteiger charge is 2.40. The minimum absolute atomic E-state index is 0.0569. The van der Waals surface area contributed by atoms with E-state index in [1.54, 1.807) is 12.2 Å². The van der Waals surface area contributed by atoms with Crippen molar-refractivity contribution in [1.29, 1.82) is 0 Å². The third-order valence-corrected chi connectivity index (χ3v) is 3.70. The van der Waals surface area contributed by atoms with Gasteiger partial charge in [-0.3, -0.25) is 4.79 Å². The first-order chi connectivity index (χ1) is 8.63. The summed E-state index contributed by atoms with van der Waals surface area (Å²) in [6, 6.07) is 9.50. The second-order valence-electron chi connectivity index (χ2n) is 5.00. The van der Waals surface area contributed by atoms with Crippen molar-refractivity contribution in [1.82, 2.24) is 0 Å². The first kappa shape index (κ1) is 13.0. The normalized spacial score (nSPS) is 28.4. The molecule has 4 N–H and O–H groups in total. The molecule has 1 fully saturated rings. The van der Waals surface area contributed by atoms with Crippen molar-refractivity contribution in [3.8, 4) is 0 Å². The second kappa shape index (κ2) is 5.46. The molecule has 2 rings (SSSR count). The molecule has 1 aliphatic carbocycles. The fourth-order valence-corrected chi connectivity index (χ4v) is 2.42. The number of benzene rings is 1. The molecule has 0 amide bonds. The maximum absolute atomic E-state index is 12.2. The fourth-order valence-electron chi connectivity index (χ4n) is 2.42. The van der Waals surface area contributed by atoms with Gasteiger partial charge >= 0.3 is 0 Å². The average Bonchev–Trinajstić information content (AvgIpc) is 2.40. The van der Waals surface area contributed by atoms with Crippen LogP contribution in [0, 0.1) is 0 Å². The van der Waals surface area contributed by atoms with E-state index in [2.05, 4.69) is 0 Å². The lowest BCUT2D eigenvalue weighted by Crippen LogP contribution is -2.61. The molecule has 0 heterocycles. The van der Waals surface area contributed by atoms with Gasteiger partial charge in [0.15, 0.2) is 5.78 Å². The third-order valence-electron chi connectivity index (χ3n) is 3.70. The van der Waals surface area contributed by atoms with Crippen molar-refractivity contribution < 1.29 is 4.79 Å². The summed E-state index contributed by atoms with van der Waals surface area (Å²) in [5.41, 5.74) is 12.3. The molecular formula is C15H20N2O. The van der Waals surface area contributed by atoms with Crippen LogP contribution in [0.1, 0.15) is 31.2 Å². The zero-order chi connectivity index (χ0) is 13.0. The molecule has 0 saturated heterocycles. The van der Waals surface area contributed by atoms with Crippen molar-refractivity contribution in [3.05, 3.63) is 42.0 Å². The van der Waals surface area contributed by atoms with E-state index in [1.807, 2.05) is 30.3 Å². The lowest BCUT2D eigenvalue weighted by molar-refractivity contribution is -0.121. The Labute approximate surface area is 108 Å². The Morgan fingerprint density at radius 2 is 2.00 bits per heavy atom. The fraction of sp³-hybridized carbons (Fsp3) is 0.400. The predicted molar refractivity (Wildman–Crippen MR) is 73.8 cm³/mol. The van der Waals surface area contributed by atoms with E-state index in [9.17, 15) is 4.79 Å². The Morgan fingerprint density at radius 3 is 2.67 bits per heavy atom. The molecule has 1 aromatic carbocycles. The lowest BCUT2D eigenvalue weighted by atomic mass is 9.75. The first-order valence-corrected chi connectivity index (χ1v) is 6.45. The van der Waals surface area contributed by atoms with E-state index >= 15 is 0 Å². The van der Waals surface area contributed by atoms with Crippen LogP contribution in [0.2, 0.25) is 0 Å². The Bertz CT molecular complexity index is 441. The van der Waals surface area contributed by atoms with Gasteiger partial charge in [0.05, 0.1) is 5.54 Å². The maximum Gasteiger partial charge on any atom is 0.177 e. The molecule has 18 heavy (non-hydrogen) atoms. The summed E-state index contributed by atoms with van der Waals surface area (Å²) in [6.07, 6.45) is 6.94. The van der Waals surface area contributed by atoms with Crippen LogP contribution >= 0.6 is 0 Å². The van der Waals surface area contributed by atoms with Crippen LogP contribution in [0.3, 0.4) is 0 Å². The van der Waals surface area contributed by atoms with Gasteiger partial charge in [-0.15, -0.1) is 0 Å². The maximum atomic E-state index is 12.2. The van der Waals surface area contributed by atoms with E-state index in [1.165, 1.54) is 0 Å². The van der Waals surface area contributed by atoms with Gasteiger partial charge in [-0.2, -0.15) is 0 Å². The van der Waals surface area contributed by atoms with Crippen molar-refractivity contribution in [3.63, 3.8) is 0 Å². The smallest absolute Gasteiger partial charge is 0.177 e. The minimum atomic E-state index is -0.871. The third kappa shape index (κ3) is 2.68. The molecule has 2 atom stereocenters. The second-order valence-corrected chi connectivity index (χ2v) is 5.00. The number of nitrogens with two attached hydrogens (primary N) is 2. The topological polar surface area (TPSA) is 69.1 Å². The van der Waals surface area contributed by atoms with Crippen molar-refractivity contribution in [2.45, 2.75) is 37.3 Å². The van der Waals surface area contributed by atoms with E-state index in [4.69, 9.17) is 11.5 Å². The average molecular weight is 244 g/mol. The van der Waals surface area contributed by atoms with Gasteiger partial charge in [-0.05, 0) is 24.5 Å². The van der Waals surface area contributed by atoms with Crippen LogP contribution in [-0.2, 0) is 4.79 Å². The number of rotatable bonds is 3. The van der Waals surface area contributed by atoms with Crippen LogP contribution in [-0.4, -0.2) is 17.4 Å². The van der Waals surface area contributed by atoms with E-state index < -0.39 is 5.54 Å². The molecule has 3 heteroatoms. The predicted octanol–water partition coefficient (Wildman–Crippen LogP) is 1.87. The molecule has 0 unspecified atom stereocenters. The van der Waals surface area contributed by atoms with Gasteiger partial charge in [-0.1, -0.05) is 49.2 Å². The Kier molecular flexibility index (Phi) is 3.94. The van der Waals surface area contributed by atoms with Crippen molar-refractivity contribution in [2.24, 2.45) is 11.5 Å². The summed E-state index contributed by atoms with van der Waals surface area (Å²) in [5, 5.41) is 0. The lowest BCUT2D eigenvalue weighted by Gasteiger charge is -2.36. The van der Waals surface area contributed by atoms with Crippen molar-refractivity contribution in [2.75, 3.05) is 0 Å². The van der Waals surface area contributed by atoms with Gasteiger partial charge in [0.25, 0.3) is 0 Å². The summed E-state index contributed by atoms with van der Waals surface area (Å²) in [5.74, 6) is -0.0569. The molecule has 1 saturated carbocycles. The van der Waals surface area contributed by atoms with Gasteiger partial charge in [0.2, 0.25) is 0 Å². The largest absolute Gasteiger partial charge is 0.326 e. The highest BCUT2D eigenvalue weighted by atomic mass is 16.1. The van der Waals surface area contributed by atoms with E-state index in [0.717, 1.165) is 24.8 Å². The number of hydrogen-bond donors (Lipinski definition) is 2. The number of ketones is 1. The van der Waals surface area contributed by atoms with Crippen LogP contribution < -0.4 is 11.5 Å². The Balaban J connectivity index is 2.09. The summed E-state index contributed by atoms with van der Waals surface area (Å²) < 4.78 is 0. The van der Waals surface area contributed by atoms with Crippen LogP contribution in [0.25, 0.3) is 6.08 Å². The summed E-state index contributed by atoms with van der Waals surface area (Å²) in [4.78, 5) is 12.2. The highest BCUT2D eigenvalue weighted by Crippen LogP contribution is 2.26. The molecular weight excluding hydrogens is 224 g/mol. The molecule has 3 nitrogen and oxygen atoms in total. The number of hydrogen-bond acceptors (Lipinski definition) is 3. The SMILES string of the molecule is N[C@H]1CCCC[C@]1(N)C(=O)C=Cc1ccccc1. The Hall–Kier alpha value is -1.45. The summed E-state index contributed by atoms with van der Waals surface area (Å²) in [7, 11) is 0.